The van der Waals surface area contributed by atoms with E-state index in [4.69, 9.17) is 0 Å². The van der Waals surface area contributed by atoms with Gasteiger partial charge in [-0.25, -0.2) is 0 Å². The van der Waals surface area contributed by atoms with Crippen LogP contribution in [-0.4, -0.2) is 5.11 Å². The first-order chi connectivity index (χ1) is 8.68. The molecule has 0 saturated heterocycles. The van der Waals surface area contributed by atoms with Gasteiger partial charge in [0.05, 0.1) is 0 Å². The van der Waals surface area contributed by atoms with Crippen molar-refractivity contribution in [3.63, 3.8) is 0 Å². The van der Waals surface area contributed by atoms with Crippen LogP contribution in [0.2, 0.25) is 0 Å². The monoisotopic (exact) mass is 240 g/mol. The van der Waals surface area contributed by atoms with E-state index in [0.717, 1.165) is 18.4 Å². The number of aromatic hydroxyl groups is 1. The summed E-state index contributed by atoms with van der Waals surface area (Å²) < 4.78 is 0. The second kappa shape index (κ2) is 5.72. The fourth-order valence-electron chi connectivity index (χ4n) is 2.41. The molecule has 1 heteroatoms. The summed E-state index contributed by atoms with van der Waals surface area (Å²) in [6.07, 6.45) is 2.00. The maximum atomic E-state index is 9.96. The summed E-state index contributed by atoms with van der Waals surface area (Å²) in [6, 6.07) is 16.3. The Labute approximate surface area is 109 Å². The van der Waals surface area contributed by atoms with Gasteiger partial charge in [-0.3, -0.25) is 0 Å². The molecule has 2 aromatic carbocycles. The fourth-order valence-corrected chi connectivity index (χ4v) is 2.41. The normalized spacial score (nSPS) is 10.8. The molecule has 0 aliphatic rings. The van der Waals surface area contributed by atoms with E-state index in [0.29, 0.717) is 11.7 Å². The van der Waals surface area contributed by atoms with E-state index < -0.39 is 0 Å². The number of rotatable bonds is 4. The molecule has 0 aromatic heterocycles. The Hall–Kier alpha value is -1.76. The Balaban J connectivity index is 2.17. The number of benzene rings is 2. The molecule has 0 aliphatic heterocycles. The molecule has 0 atom stereocenters. The summed E-state index contributed by atoms with van der Waals surface area (Å²) in [5.74, 6) is 0.785. The molecule has 0 unspecified atom stereocenters. The average molecular weight is 240 g/mol. The average Bonchev–Trinajstić information content (AvgIpc) is 2.37. The quantitative estimate of drug-likeness (QED) is 0.844. The summed E-state index contributed by atoms with van der Waals surface area (Å²) in [4.78, 5) is 0. The SMILES string of the molecule is CC(C)c1c(O)cccc1CCc1ccccc1. The molecule has 2 aromatic rings. The van der Waals surface area contributed by atoms with Crippen LogP contribution in [0, 0.1) is 0 Å². The van der Waals surface area contributed by atoms with Crippen molar-refractivity contribution in [2.75, 3.05) is 0 Å². The van der Waals surface area contributed by atoms with Crippen LogP contribution < -0.4 is 0 Å². The molecule has 18 heavy (non-hydrogen) atoms. The summed E-state index contributed by atoms with van der Waals surface area (Å²) in [7, 11) is 0. The van der Waals surface area contributed by atoms with Crippen molar-refractivity contribution in [3.8, 4) is 5.75 Å². The zero-order chi connectivity index (χ0) is 13.0. The first kappa shape index (κ1) is 12.7. The molecule has 0 saturated carbocycles. The van der Waals surface area contributed by atoms with Crippen molar-refractivity contribution in [1.29, 1.82) is 0 Å². The maximum absolute atomic E-state index is 9.96. The number of hydrogen-bond donors (Lipinski definition) is 1. The van der Waals surface area contributed by atoms with Crippen molar-refractivity contribution >= 4 is 0 Å². The summed E-state index contributed by atoms with van der Waals surface area (Å²) in [5, 5.41) is 9.96. The Bertz CT molecular complexity index is 500. The zero-order valence-electron chi connectivity index (χ0n) is 11.1. The van der Waals surface area contributed by atoms with Gasteiger partial charge in [-0.05, 0) is 41.5 Å². The molecule has 1 nitrogen and oxygen atoms in total. The van der Waals surface area contributed by atoms with Crippen molar-refractivity contribution in [2.24, 2.45) is 0 Å². The first-order valence-electron chi connectivity index (χ1n) is 6.53. The lowest BCUT2D eigenvalue weighted by atomic mass is 9.92. The van der Waals surface area contributed by atoms with E-state index in [1.165, 1.54) is 11.1 Å². The Morgan fingerprint density at radius 2 is 1.61 bits per heavy atom. The van der Waals surface area contributed by atoms with Gasteiger partial charge in [0, 0.05) is 0 Å². The van der Waals surface area contributed by atoms with Crippen molar-refractivity contribution in [2.45, 2.75) is 32.6 Å². The van der Waals surface area contributed by atoms with Crippen molar-refractivity contribution in [1.82, 2.24) is 0 Å². The third kappa shape index (κ3) is 2.92. The second-order valence-electron chi connectivity index (χ2n) is 4.99. The highest BCUT2D eigenvalue weighted by atomic mass is 16.3. The Kier molecular flexibility index (Phi) is 4.03. The van der Waals surface area contributed by atoms with Gasteiger partial charge in [0.25, 0.3) is 0 Å². The predicted molar refractivity (Wildman–Crippen MR) is 76.0 cm³/mol. The van der Waals surface area contributed by atoms with Gasteiger partial charge in [-0.1, -0.05) is 56.3 Å². The van der Waals surface area contributed by atoms with Gasteiger partial charge in [-0.2, -0.15) is 0 Å². The number of hydrogen-bond acceptors (Lipinski definition) is 1. The van der Waals surface area contributed by atoms with Gasteiger partial charge < -0.3 is 5.11 Å². The van der Waals surface area contributed by atoms with Crippen LogP contribution >= 0.6 is 0 Å². The third-order valence-corrected chi connectivity index (χ3v) is 3.28. The van der Waals surface area contributed by atoms with Crippen molar-refractivity contribution in [3.05, 3.63) is 65.2 Å². The molecule has 0 bridgehead atoms. The van der Waals surface area contributed by atoms with Crippen LogP contribution in [0.5, 0.6) is 5.75 Å². The van der Waals surface area contributed by atoms with Crippen LogP contribution in [0.4, 0.5) is 0 Å². The summed E-state index contributed by atoms with van der Waals surface area (Å²) in [6.45, 7) is 4.25. The molecule has 2 rings (SSSR count). The van der Waals surface area contributed by atoms with Gasteiger partial charge in [0.2, 0.25) is 0 Å². The zero-order valence-corrected chi connectivity index (χ0v) is 11.1. The van der Waals surface area contributed by atoms with Crippen LogP contribution in [0.25, 0.3) is 0 Å². The molecule has 0 amide bonds. The minimum atomic E-state index is 0.358. The highest BCUT2D eigenvalue weighted by Crippen LogP contribution is 2.29. The minimum absolute atomic E-state index is 0.358. The van der Waals surface area contributed by atoms with Crippen molar-refractivity contribution < 1.29 is 5.11 Å². The lowest BCUT2D eigenvalue weighted by Gasteiger charge is -2.14. The second-order valence-corrected chi connectivity index (χ2v) is 4.99. The lowest BCUT2D eigenvalue weighted by molar-refractivity contribution is 0.463. The minimum Gasteiger partial charge on any atom is -0.508 e. The van der Waals surface area contributed by atoms with Gasteiger partial charge in [0.15, 0.2) is 0 Å². The summed E-state index contributed by atoms with van der Waals surface area (Å²) in [5.41, 5.74) is 3.69. The van der Waals surface area contributed by atoms with Gasteiger partial charge in [-0.15, -0.1) is 0 Å². The lowest BCUT2D eigenvalue weighted by Crippen LogP contribution is -1.99. The van der Waals surface area contributed by atoms with E-state index in [1.54, 1.807) is 6.07 Å². The van der Waals surface area contributed by atoms with E-state index in [1.807, 2.05) is 12.1 Å². The molecule has 0 aliphatic carbocycles. The first-order valence-corrected chi connectivity index (χ1v) is 6.53. The topological polar surface area (TPSA) is 20.2 Å². The molecule has 0 radical (unpaired) electrons. The summed E-state index contributed by atoms with van der Waals surface area (Å²) >= 11 is 0. The Morgan fingerprint density at radius 1 is 0.889 bits per heavy atom. The standard InChI is InChI=1S/C17H20O/c1-13(2)17-15(9-6-10-16(17)18)12-11-14-7-4-3-5-8-14/h3-10,13,18H,11-12H2,1-2H3. The van der Waals surface area contributed by atoms with E-state index in [9.17, 15) is 5.11 Å². The van der Waals surface area contributed by atoms with Gasteiger partial charge in [0.1, 0.15) is 5.75 Å². The van der Waals surface area contributed by atoms with E-state index >= 15 is 0 Å². The molecule has 0 spiro atoms. The van der Waals surface area contributed by atoms with Crippen LogP contribution in [0.15, 0.2) is 48.5 Å². The predicted octanol–water partition coefficient (Wildman–Crippen LogP) is 4.30. The number of phenolic OH excluding ortho intramolecular Hbond substituents is 1. The largest absolute Gasteiger partial charge is 0.508 e. The molecular weight excluding hydrogens is 220 g/mol. The third-order valence-electron chi connectivity index (χ3n) is 3.28. The fraction of sp³-hybridized carbons (Fsp3) is 0.294. The molecule has 94 valence electrons. The number of aryl methyl sites for hydroxylation is 2. The number of phenols is 1. The molecule has 1 N–H and O–H groups in total. The van der Waals surface area contributed by atoms with Gasteiger partial charge >= 0.3 is 0 Å². The molecule has 0 fully saturated rings. The van der Waals surface area contributed by atoms with Crippen LogP contribution in [0.3, 0.4) is 0 Å². The van der Waals surface area contributed by atoms with E-state index in [-0.39, 0.29) is 0 Å². The molecular formula is C17H20O. The maximum Gasteiger partial charge on any atom is 0.119 e. The highest BCUT2D eigenvalue weighted by molar-refractivity contribution is 5.41. The van der Waals surface area contributed by atoms with Crippen LogP contribution in [-0.2, 0) is 12.8 Å². The Morgan fingerprint density at radius 3 is 2.28 bits per heavy atom. The molecule has 0 heterocycles. The highest BCUT2D eigenvalue weighted by Gasteiger charge is 2.11. The van der Waals surface area contributed by atoms with E-state index in [2.05, 4.69) is 44.2 Å². The smallest absolute Gasteiger partial charge is 0.119 e. The van der Waals surface area contributed by atoms with Crippen LogP contribution in [0.1, 0.15) is 36.5 Å².